The number of methoxy groups -OCH3 is 1. The normalized spacial score (nSPS) is 11.1. The second-order valence-corrected chi connectivity index (χ2v) is 7.91. The number of fused-ring (bicyclic) bond motifs is 1. The highest BCUT2D eigenvalue weighted by molar-refractivity contribution is 7.92. The van der Waals surface area contributed by atoms with Crippen LogP contribution in [0.4, 0.5) is 5.69 Å². The highest BCUT2D eigenvalue weighted by atomic mass is 35.5. The Morgan fingerprint density at radius 1 is 1.14 bits per heavy atom. The molecule has 1 heterocycles. The van der Waals surface area contributed by atoms with Gasteiger partial charge in [-0.25, -0.2) is 8.42 Å². The molecular weight excluding hydrogens is 402 g/mol. The molecule has 150 valence electrons. The third-order valence-electron chi connectivity index (χ3n) is 4.41. The number of hydrogen-bond acceptors (Lipinski definition) is 5. The molecular formula is C19H22ClN3O4S. The molecule has 7 nitrogen and oxygen atoms in total. The molecule has 0 fully saturated rings. The average molecular weight is 424 g/mol. The van der Waals surface area contributed by atoms with Gasteiger partial charge >= 0.3 is 0 Å². The Bertz CT molecular complexity index is 1190. The molecule has 0 aliphatic heterocycles. The number of halogens is 1. The lowest BCUT2D eigenvalue weighted by atomic mass is 10.1. The molecule has 9 heteroatoms. The van der Waals surface area contributed by atoms with Crippen LogP contribution in [0.2, 0.25) is 0 Å². The van der Waals surface area contributed by atoms with Crippen LogP contribution in [0.5, 0.6) is 5.75 Å². The number of aryl methyl sites for hydroxylation is 2. The van der Waals surface area contributed by atoms with Gasteiger partial charge in [0.05, 0.1) is 12.6 Å². The zero-order valence-corrected chi connectivity index (χ0v) is 17.4. The van der Waals surface area contributed by atoms with Crippen molar-refractivity contribution in [3.63, 3.8) is 0 Å². The second-order valence-electron chi connectivity index (χ2n) is 6.26. The van der Waals surface area contributed by atoms with Crippen LogP contribution < -0.4 is 20.8 Å². The predicted octanol–water partition coefficient (Wildman–Crippen LogP) is 2.54. The van der Waals surface area contributed by atoms with Crippen molar-refractivity contribution >= 4 is 39.0 Å². The van der Waals surface area contributed by atoms with Crippen molar-refractivity contribution in [3.05, 3.63) is 63.9 Å². The number of anilines is 1. The first kappa shape index (κ1) is 21.7. The van der Waals surface area contributed by atoms with Gasteiger partial charge in [-0.05, 0) is 48.9 Å². The van der Waals surface area contributed by atoms with Gasteiger partial charge < -0.3 is 15.0 Å². The molecule has 0 radical (unpaired) electrons. The van der Waals surface area contributed by atoms with E-state index in [0.29, 0.717) is 11.3 Å². The Morgan fingerprint density at radius 3 is 2.50 bits per heavy atom. The topological polar surface area (TPSA) is 103 Å². The zero-order valence-electron chi connectivity index (χ0n) is 15.7. The summed E-state index contributed by atoms with van der Waals surface area (Å²) in [5.41, 5.74) is 7.99. The van der Waals surface area contributed by atoms with E-state index in [1.165, 1.54) is 17.7 Å². The molecule has 2 aromatic carbocycles. The van der Waals surface area contributed by atoms with Crippen LogP contribution in [0.25, 0.3) is 10.9 Å². The molecule has 0 aliphatic rings. The fourth-order valence-electron chi connectivity index (χ4n) is 2.98. The molecule has 3 N–H and O–H groups in total. The van der Waals surface area contributed by atoms with E-state index in [9.17, 15) is 13.2 Å². The van der Waals surface area contributed by atoms with E-state index < -0.39 is 10.0 Å². The Labute approximate surface area is 169 Å². The molecule has 0 unspecified atom stereocenters. The number of aromatic nitrogens is 1. The lowest BCUT2D eigenvalue weighted by Crippen LogP contribution is -2.19. The molecule has 3 aromatic rings. The van der Waals surface area contributed by atoms with E-state index in [2.05, 4.69) is 4.72 Å². The number of nitrogens with one attached hydrogen (secondary N) is 1. The van der Waals surface area contributed by atoms with Gasteiger partial charge in [0.1, 0.15) is 10.6 Å². The van der Waals surface area contributed by atoms with Crippen LogP contribution >= 0.6 is 12.4 Å². The molecule has 28 heavy (non-hydrogen) atoms. The van der Waals surface area contributed by atoms with Crippen molar-refractivity contribution in [1.29, 1.82) is 0 Å². The second kappa shape index (κ2) is 8.22. The minimum Gasteiger partial charge on any atom is -0.495 e. The summed E-state index contributed by atoms with van der Waals surface area (Å²) in [5.74, 6) is 0.226. The number of ether oxygens (including phenoxy) is 1. The van der Waals surface area contributed by atoms with Gasteiger partial charge in [0.25, 0.3) is 15.6 Å². The summed E-state index contributed by atoms with van der Waals surface area (Å²) < 4.78 is 35.0. The minimum absolute atomic E-state index is 0. The molecule has 0 atom stereocenters. The summed E-state index contributed by atoms with van der Waals surface area (Å²) in [6.45, 7) is 2.01. The summed E-state index contributed by atoms with van der Waals surface area (Å²) in [5, 5.41) is 0.764. The zero-order chi connectivity index (χ0) is 19.8. The SMILES string of the molecule is COc1cc(CN)ccc1S(=O)(=O)Nc1ccc2c(c1)cc(C)c(=O)n2C.Cl. The summed E-state index contributed by atoms with van der Waals surface area (Å²) in [6.07, 6.45) is 0. The first-order chi connectivity index (χ1) is 12.8. The highest BCUT2D eigenvalue weighted by Gasteiger charge is 2.20. The van der Waals surface area contributed by atoms with Gasteiger partial charge in [-0.3, -0.25) is 9.52 Å². The van der Waals surface area contributed by atoms with Crippen molar-refractivity contribution < 1.29 is 13.2 Å². The summed E-state index contributed by atoms with van der Waals surface area (Å²) in [4.78, 5) is 12.1. The van der Waals surface area contributed by atoms with Gasteiger partial charge in [0, 0.05) is 30.2 Å². The number of pyridine rings is 1. The van der Waals surface area contributed by atoms with E-state index in [0.717, 1.165) is 16.5 Å². The van der Waals surface area contributed by atoms with E-state index in [1.807, 2.05) is 0 Å². The largest absolute Gasteiger partial charge is 0.495 e. The first-order valence-electron chi connectivity index (χ1n) is 8.27. The van der Waals surface area contributed by atoms with Gasteiger partial charge in [0.15, 0.2) is 0 Å². The Hall–Kier alpha value is -2.55. The van der Waals surface area contributed by atoms with Crippen LogP contribution in [0.1, 0.15) is 11.1 Å². The van der Waals surface area contributed by atoms with E-state index >= 15 is 0 Å². The number of benzene rings is 2. The number of nitrogens with zero attached hydrogens (tertiary/aromatic N) is 1. The van der Waals surface area contributed by atoms with Crippen LogP contribution in [0.3, 0.4) is 0 Å². The first-order valence-corrected chi connectivity index (χ1v) is 9.75. The lowest BCUT2D eigenvalue weighted by Gasteiger charge is -2.14. The van der Waals surface area contributed by atoms with Crippen LogP contribution in [0, 0.1) is 6.92 Å². The summed E-state index contributed by atoms with van der Waals surface area (Å²) in [7, 11) is -0.766. The van der Waals surface area contributed by atoms with Crippen molar-refractivity contribution in [2.75, 3.05) is 11.8 Å². The number of rotatable bonds is 5. The van der Waals surface area contributed by atoms with E-state index in [4.69, 9.17) is 10.5 Å². The molecule has 0 saturated carbocycles. The van der Waals surface area contributed by atoms with Gasteiger partial charge in [0.2, 0.25) is 0 Å². The number of nitrogens with two attached hydrogens (primary N) is 1. The van der Waals surface area contributed by atoms with Crippen LogP contribution in [-0.4, -0.2) is 20.1 Å². The predicted molar refractivity (Wildman–Crippen MR) is 113 cm³/mol. The molecule has 3 rings (SSSR count). The molecule has 1 aromatic heterocycles. The fraction of sp³-hybridized carbons (Fsp3) is 0.211. The Balaban J connectivity index is 0.00000280. The number of hydrogen-bond donors (Lipinski definition) is 2. The van der Waals surface area contributed by atoms with Crippen molar-refractivity contribution in [2.45, 2.75) is 18.4 Å². The van der Waals surface area contributed by atoms with E-state index in [1.54, 1.807) is 50.4 Å². The maximum absolute atomic E-state index is 12.8. The number of sulfonamides is 1. The van der Waals surface area contributed by atoms with Crippen molar-refractivity contribution in [2.24, 2.45) is 12.8 Å². The smallest absolute Gasteiger partial charge is 0.265 e. The van der Waals surface area contributed by atoms with Gasteiger partial charge in [-0.2, -0.15) is 0 Å². The van der Waals surface area contributed by atoms with Gasteiger partial charge in [-0.1, -0.05) is 6.07 Å². The highest BCUT2D eigenvalue weighted by Crippen LogP contribution is 2.28. The molecule has 0 bridgehead atoms. The fourth-order valence-corrected chi connectivity index (χ4v) is 4.18. The summed E-state index contributed by atoms with van der Waals surface area (Å²) in [6, 6.07) is 11.5. The van der Waals surface area contributed by atoms with Crippen molar-refractivity contribution in [3.8, 4) is 5.75 Å². The lowest BCUT2D eigenvalue weighted by molar-refractivity contribution is 0.402. The third-order valence-corrected chi connectivity index (χ3v) is 5.83. The molecule has 0 saturated heterocycles. The van der Waals surface area contributed by atoms with E-state index in [-0.39, 0.29) is 35.2 Å². The molecule has 0 aliphatic carbocycles. The Morgan fingerprint density at radius 2 is 1.86 bits per heavy atom. The maximum atomic E-state index is 12.8. The monoisotopic (exact) mass is 423 g/mol. The van der Waals surface area contributed by atoms with Gasteiger partial charge in [-0.15, -0.1) is 12.4 Å². The standard InChI is InChI=1S/C19H21N3O4S.ClH/c1-12-8-14-10-15(5-6-16(14)22(2)19(12)23)21-27(24,25)18-7-4-13(11-20)9-17(18)26-3;/h4-10,21H,11,20H2,1-3H3;1H. The molecule has 0 amide bonds. The minimum atomic E-state index is -3.86. The third kappa shape index (κ3) is 3.99. The van der Waals surface area contributed by atoms with Crippen LogP contribution in [-0.2, 0) is 23.6 Å². The van der Waals surface area contributed by atoms with Crippen LogP contribution in [0.15, 0.2) is 52.2 Å². The quantitative estimate of drug-likeness (QED) is 0.656. The van der Waals surface area contributed by atoms with Crippen molar-refractivity contribution in [1.82, 2.24) is 4.57 Å². The maximum Gasteiger partial charge on any atom is 0.265 e. The molecule has 0 spiro atoms. The average Bonchev–Trinajstić information content (AvgIpc) is 2.65. The Kier molecular flexibility index (Phi) is 6.38. The summed E-state index contributed by atoms with van der Waals surface area (Å²) >= 11 is 0.